The Kier molecular flexibility index (Phi) is 6.69. The third-order valence-electron chi connectivity index (χ3n) is 2.99. The van der Waals surface area contributed by atoms with Crippen molar-refractivity contribution in [2.75, 3.05) is 5.75 Å². The van der Waals surface area contributed by atoms with Gasteiger partial charge in [0.05, 0.1) is 12.2 Å². The fraction of sp³-hybridized carbons (Fsp3) is 0.176. The highest BCUT2D eigenvalue weighted by Gasteiger charge is 2.09. The Hall–Kier alpha value is -1.99. The van der Waals surface area contributed by atoms with Crippen LogP contribution in [0.4, 0.5) is 0 Å². The van der Waals surface area contributed by atoms with Crippen molar-refractivity contribution in [1.29, 1.82) is 0 Å². The van der Waals surface area contributed by atoms with Crippen LogP contribution in [0, 0.1) is 0 Å². The van der Waals surface area contributed by atoms with E-state index in [2.05, 4.69) is 15.9 Å². The molecule has 0 atom stereocenters. The van der Waals surface area contributed by atoms with Crippen molar-refractivity contribution < 1.29 is 24.5 Å². The molecule has 0 saturated carbocycles. The molecule has 126 valence electrons. The number of carboxylic acid groups (broad SMARTS) is 2. The van der Waals surface area contributed by atoms with Gasteiger partial charge in [-0.2, -0.15) is 0 Å². The number of rotatable bonds is 8. The highest BCUT2D eigenvalue weighted by Crippen LogP contribution is 2.31. The van der Waals surface area contributed by atoms with Crippen LogP contribution >= 0.6 is 27.7 Å². The topological polar surface area (TPSA) is 83.8 Å². The van der Waals surface area contributed by atoms with Crippen LogP contribution in [0.2, 0.25) is 0 Å². The molecule has 2 aromatic rings. The van der Waals surface area contributed by atoms with Crippen LogP contribution < -0.4 is 4.74 Å². The molecule has 2 N–H and O–H groups in total. The normalized spacial score (nSPS) is 10.4. The molecule has 24 heavy (non-hydrogen) atoms. The minimum Gasteiger partial charge on any atom is -0.481 e. The van der Waals surface area contributed by atoms with Crippen LogP contribution in [-0.4, -0.2) is 27.9 Å². The highest BCUT2D eigenvalue weighted by molar-refractivity contribution is 9.10. The molecule has 0 spiro atoms. The summed E-state index contributed by atoms with van der Waals surface area (Å²) in [5.41, 5.74) is 1.51. The van der Waals surface area contributed by atoms with Gasteiger partial charge in [0.25, 0.3) is 0 Å². The first-order chi connectivity index (χ1) is 11.4. The smallest absolute Gasteiger partial charge is 0.313 e. The van der Waals surface area contributed by atoms with E-state index in [0.29, 0.717) is 22.8 Å². The zero-order valence-electron chi connectivity index (χ0n) is 12.6. The molecule has 5 nitrogen and oxygen atoms in total. The zero-order chi connectivity index (χ0) is 17.5. The lowest BCUT2D eigenvalue weighted by Crippen LogP contribution is -2.00. The Morgan fingerprint density at radius 1 is 1.08 bits per heavy atom. The third kappa shape index (κ3) is 5.90. The van der Waals surface area contributed by atoms with Crippen LogP contribution in [0.3, 0.4) is 0 Å². The van der Waals surface area contributed by atoms with Crippen molar-refractivity contribution in [2.45, 2.75) is 12.2 Å². The van der Waals surface area contributed by atoms with E-state index in [1.807, 2.05) is 12.1 Å². The molecule has 0 bridgehead atoms. The molecule has 0 heterocycles. The lowest BCUT2D eigenvalue weighted by molar-refractivity contribution is -0.136. The summed E-state index contributed by atoms with van der Waals surface area (Å²) in [6, 6.07) is 12.4. The first-order valence-electron chi connectivity index (χ1n) is 7.00. The van der Waals surface area contributed by atoms with Gasteiger partial charge in [0.15, 0.2) is 0 Å². The Bertz CT molecular complexity index is 748. The minimum absolute atomic E-state index is 0.0139. The van der Waals surface area contributed by atoms with E-state index in [1.54, 1.807) is 30.3 Å². The summed E-state index contributed by atoms with van der Waals surface area (Å²) in [4.78, 5) is 21.5. The molecule has 0 unspecified atom stereocenters. The largest absolute Gasteiger partial charge is 0.481 e. The van der Waals surface area contributed by atoms with Gasteiger partial charge in [0, 0.05) is 15.8 Å². The van der Waals surface area contributed by atoms with Gasteiger partial charge in [-0.25, -0.2) is 0 Å². The zero-order valence-corrected chi connectivity index (χ0v) is 15.0. The van der Waals surface area contributed by atoms with Gasteiger partial charge < -0.3 is 14.9 Å². The van der Waals surface area contributed by atoms with Gasteiger partial charge in [0.2, 0.25) is 0 Å². The summed E-state index contributed by atoms with van der Waals surface area (Å²) >= 11 is 4.68. The summed E-state index contributed by atoms with van der Waals surface area (Å²) in [6.07, 6.45) is -0.0706. The number of ether oxygens (including phenoxy) is 1. The lowest BCUT2D eigenvalue weighted by atomic mass is 10.1. The van der Waals surface area contributed by atoms with Crippen molar-refractivity contribution >= 4 is 39.6 Å². The standard InChI is InChI=1S/C17H15BrO5S/c18-13-4-5-15(12(8-13)9-24-10-17(21)22)23-14-3-1-2-11(6-14)7-16(19)20/h1-6,8H,7,9-10H2,(H,19,20)(H,21,22). The van der Waals surface area contributed by atoms with E-state index in [4.69, 9.17) is 14.9 Å². The second kappa shape index (κ2) is 8.75. The number of carbonyl (C=O) groups is 2. The number of halogens is 1. The number of hydrogen-bond donors (Lipinski definition) is 2. The molecule has 0 saturated heterocycles. The average molecular weight is 411 g/mol. The summed E-state index contributed by atoms with van der Waals surface area (Å²) in [5, 5.41) is 17.6. The number of thioether (sulfide) groups is 1. The van der Waals surface area contributed by atoms with E-state index < -0.39 is 11.9 Å². The molecule has 0 fully saturated rings. The van der Waals surface area contributed by atoms with E-state index in [0.717, 1.165) is 10.0 Å². The highest BCUT2D eigenvalue weighted by atomic mass is 79.9. The van der Waals surface area contributed by atoms with E-state index >= 15 is 0 Å². The van der Waals surface area contributed by atoms with Gasteiger partial charge in [-0.05, 0) is 35.9 Å². The molecule has 0 aromatic heterocycles. The van der Waals surface area contributed by atoms with E-state index in [1.165, 1.54) is 11.8 Å². The fourth-order valence-corrected chi connectivity index (χ4v) is 3.16. The SMILES string of the molecule is O=C(O)CSCc1cc(Br)ccc1Oc1cccc(CC(=O)O)c1. The Morgan fingerprint density at radius 2 is 1.88 bits per heavy atom. The van der Waals surface area contributed by atoms with Crippen molar-refractivity contribution in [3.63, 3.8) is 0 Å². The van der Waals surface area contributed by atoms with E-state index in [9.17, 15) is 9.59 Å². The average Bonchev–Trinajstić information content (AvgIpc) is 2.49. The second-order valence-corrected chi connectivity index (χ2v) is 6.86. The first kappa shape index (κ1) is 18.4. The molecule has 7 heteroatoms. The molecular weight excluding hydrogens is 396 g/mol. The summed E-state index contributed by atoms with van der Waals surface area (Å²) in [5.74, 6) is -0.0971. The van der Waals surface area contributed by atoms with Crippen LogP contribution in [0.15, 0.2) is 46.9 Å². The van der Waals surface area contributed by atoms with Crippen molar-refractivity contribution in [1.82, 2.24) is 0 Å². The predicted molar refractivity (Wildman–Crippen MR) is 95.8 cm³/mol. The maximum atomic E-state index is 10.8. The molecule has 0 radical (unpaired) electrons. The van der Waals surface area contributed by atoms with Crippen LogP contribution in [0.5, 0.6) is 11.5 Å². The van der Waals surface area contributed by atoms with Crippen LogP contribution in [0.25, 0.3) is 0 Å². The third-order valence-corrected chi connectivity index (χ3v) is 4.45. The molecular formula is C17H15BrO5S. The quantitative estimate of drug-likeness (QED) is 0.678. The molecule has 0 aliphatic rings. The second-order valence-electron chi connectivity index (χ2n) is 4.96. The molecule has 2 rings (SSSR count). The van der Waals surface area contributed by atoms with Crippen LogP contribution in [-0.2, 0) is 21.8 Å². The van der Waals surface area contributed by atoms with Crippen molar-refractivity contribution in [3.8, 4) is 11.5 Å². The molecule has 2 aromatic carbocycles. The van der Waals surface area contributed by atoms with Gasteiger partial charge in [-0.1, -0.05) is 28.1 Å². The van der Waals surface area contributed by atoms with E-state index in [-0.39, 0.29) is 12.2 Å². The minimum atomic E-state index is -0.901. The van der Waals surface area contributed by atoms with Crippen LogP contribution in [0.1, 0.15) is 11.1 Å². The summed E-state index contributed by atoms with van der Waals surface area (Å²) in [6.45, 7) is 0. The predicted octanol–water partition coefficient (Wildman–Crippen LogP) is 4.19. The monoisotopic (exact) mass is 410 g/mol. The first-order valence-corrected chi connectivity index (χ1v) is 8.95. The molecule has 0 amide bonds. The number of carboxylic acids is 2. The van der Waals surface area contributed by atoms with Gasteiger partial charge in [0.1, 0.15) is 11.5 Å². The summed E-state index contributed by atoms with van der Waals surface area (Å²) in [7, 11) is 0. The number of aliphatic carboxylic acids is 2. The maximum Gasteiger partial charge on any atom is 0.313 e. The summed E-state index contributed by atoms with van der Waals surface area (Å²) < 4.78 is 6.75. The lowest BCUT2D eigenvalue weighted by Gasteiger charge is -2.12. The Labute approximate surface area is 151 Å². The molecule has 0 aliphatic carbocycles. The number of benzene rings is 2. The van der Waals surface area contributed by atoms with Crippen molar-refractivity contribution in [3.05, 3.63) is 58.1 Å². The van der Waals surface area contributed by atoms with Crippen molar-refractivity contribution in [2.24, 2.45) is 0 Å². The number of hydrogen-bond acceptors (Lipinski definition) is 4. The van der Waals surface area contributed by atoms with Gasteiger partial charge >= 0.3 is 11.9 Å². The Balaban J connectivity index is 2.16. The maximum absolute atomic E-state index is 10.8. The Morgan fingerprint density at radius 3 is 2.58 bits per heavy atom. The molecule has 0 aliphatic heterocycles. The fourth-order valence-electron chi connectivity index (χ4n) is 2.03. The van der Waals surface area contributed by atoms with Gasteiger partial charge in [-0.3, -0.25) is 9.59 Å². The van der Waals surface area contributed by atoms with Gasteiger partial charge in [-0.15, -0.1) is 11.8 Å².